The molecule has 19 heavy (non-hydrogen) atoms. The van der Waals surface area contributed by atoms with Crippen molar-refractivity contribution in [2.24, 2.45) is 0 Å². The Hall–Kier alpha value is -2.41. The number of carbonyl (C=O) groups is 2. The van der Waals surface area contributed by atoms with Crippen LogP contribution < -0.4 is 5.32 Å². The quantitative estimate of drug-likeness (QED) is 0.698. The van der Waals surface area contributed by atoms with Gasteiger partial charge < -0.3 is 15.5 Å². The minimum absolute atomic E-state index is 0.0414. The maximum Gasteiger partial charge on any atom is 0.326 e. The van der Waals surface area contributed by atoms with E-state index >= 15 is 0 Å². The number of rotatable bonds is 5. The van der Waals surface area contributed by atoms with Gasteiger partial charge in [0.2, 0.25) is 0 Å². The minimum atomic E-state index is -1.18. The largest absolute Gasteiger partial charge is 0.480 e. The second-order valence-electron chi connectivity index (χ2n) is 3.97. The molecule has 0 aliphatic carbocycles. The summed E-state index contributed by atoms with van der Waals surface area (Å²) in [4.78, 5) is 22.9. The zero-order valence-electron chi connectivity index (χ0n) is 9.98. The Bertz CT molecular complexity index is 608. The normalized spacial score (nSPS) is 12.3. The van der Waals surface area contributed by atoms with Gasteiger partial charge in [-0.3, -0.25) is 4.79 Å². The van der Waals surface area contributed by atoms with E-state index in [9.17, 15) is 9.59 Å². The Morgan fingerprint density at radius 1 is 1.42 bits per heavy atom. The van der Waals surface area contributed by atoms with Crippen molar-refractivity contribution in [2.45, 2.75) is 12.5 Å². The molecule has 0 bridgehead atoms. The van der Waals surface area contributed by atoms with Crippen LogP contribution in [-0.4, -0.2) is 44.4 Å². The molecule has 0 saturated carbocycles. The molecule has 2 heterocycles. The van der Waals surface area contributed by atoms with Gasteiger partial charge in [-0.2, -0.15) is 5.10 Å². The molecule has 3 N–H and O–H groups in total. The van der Waals surface area contributed by atoms with Crippen LogP contribution in [0.1, 0.15) is 16.8 Å². The lowest BCUT2D eigenvalue weighted by Gasteiger charge is -2.12. The Morgan fingerprint density at radius 2 is 2.21 bits per heavy atom. The fourth-order valence-corrected chi connectivity index (χ4v) is 1.73. The topological polar surface area (TPSA) is 104 Å². The molecule has 1 amide bonds. The molecule has 2 aromatic rings. The number of hydrogen-bond acceptors (Lipinski definition) is 4. The number of carbonyl (C=O) groups excluding carboxylic acids is 1. The third kappa shape index (κ3) is 2.71. The zero-order chi connectivity index (χ0) is 13.8. The van der Waals surface area contributed by atoms with Crippen molar-refractivity contribution < 1.29 is 19.8 Å². The van der Waals surface area contributed by atoms with E-state index in [1.807, 2.05) is 0 Å². The number of aromatic nitrogens is 2. The van der Waals surface area contributed by atoms with E-state index < -0.39 is 17.9 Å². The van der Waals surface area contributed by atoms with Crippen molar-refractivity contribution in [1.82, 2.24) is 14.9 Å². The number of carboxylic acid groups (broad SMARTS) is 1. The first kappa shape index (κ1) is 13.0. The van der Waals surface area contributed by atoms with Gasteiger partial charge in [0.15, 0.2) is 0 Å². The average molecular weight is 263 g/mol. The third-order valence-corrected chi connectivity index (χ3v) is 2.69. The Morgan fingerprint density at radius 3 is 2.89 bits per heavy atom. The first-order valence-corrected chi connectivity index (χ1v) is 5.70. The Balaban J connectivity index is 2.22. The molecule has 1 atom stereocenters. The number of aliphatic hydroxyl groups is 1. The highest BCUT2D eigenvalue weighted by Crippen LogP contribution is 2.10. The molecule has 0 radical (unpaired) electrons. The van der Waals surface area contributed by atoms with Crippen LogP contribution in [0.3, 0.4) is 0 Å². The van der Waals surface area contributed by atoms with Crippen molar-refractivity contribution in [1.29, 1.82) is 0 Å². The van der Waals surface area contributed by atoms with Crippen LogP contribution in [0.4, 0.5) is 0 Å². The first-order chi connectivity index (χ1) is 9.13. The van der Waals surface area contributed by atoms with Gasteiger partial charge in [0.1, 0.15) is 6.04 Å². The van der Waals surface area contributed by atoms with E-state index in [-0.39, 0.29) is 13.0 Å². The average Bonchev–Trinajstić information content (AvgIpc) is 2.81. The third-order valence-electron chi connectivity index (χ3n) is 2.69. The molecule has 0 spiro atoms. The first-order valence-electron chi connectivity index (χ1n) is 5.70. The van der Waals surface area contributed by atoms with Gasteiger partial charge in [-0.25, -0.2) is 9.31 Å². The number of aliphatic carboxylic acids is 1. The van der Waals surface area contributed by atoms with Crippen LogP contribution in [0.5, 0.6) is 0 Å². The molecule has 0 aliphatic rings. The van der Waals surface area contributed by atoms with Crippen LogP contribution in [0.2, 0.25) is 0 Å². The molecule has 0 unspecified atom stereocenters. The molecule has 0 aliphatic heterocycles. The summed E-state index contributed by atoms with van der Waals surface area (Å²) in [6, 6.07) is 4.13. The van der Waals surface area contributed by atoms with Gasteiger partial charge in [-0.05, 0) is 12.1 Å². The summed E-state index contributed by atoms with van der Waals surface area (Å²) >= 11 is 0. The number of nitrogens with one attached hydrogen (secondary N) is 1. The summed E-state index contributed by atoms with van der Waals surface area (Å²) in [5.74, 6) is -1.71. The van der Waals surface area contributed by atoms with Gasteiger partial charge in [-0.1, -0.05) is 6.07 Å². The van der Waals surface area contributed by atoms with Gasteiger partial charge in [-0.15, -0.1) is 0 Å². The number of fused-ring (bicyclic) bond motifs is 1. The van der Waals surface area contributed by atoms with E-state index in [0.717, 1.165) is 0 Å². The van der Waals surface area contributed by atoms with Crippen LogP contribution in [0.25, 0.3) is 5.52 Å². The van der Waals surface area contributed by atoms with Crippen LogP contribution in [0, 0.1) is 0 Å². The molecule has 100 valence electrons. The molecular weight excluding hydrogens is 250 g/mol. The highest BCUT2D eigenvalue weighted by molar-refractivity contribution is 6.02. The Labute approximate surface area is 108 Å². The molecule has 2 rings (SSSR count). The molecule has 0 fully saturated rings. The van der Waals surface area contributed by atoms with Gasteiger partial charge in [0, 0.05) is 19.2 Å². The summed E-state index contributed by atoms with van der Waals surface area (Å²) in [5, 5.41) is 24.0. The fraction of sp³-hybridized carbons (Fsp3) is 0.250. The monoisotopic (exact) mass is 263 g/mol. The highest BCUT2D eigenvalue weighted by Gasteiger charge is 2.21. The van der Waals surface area contributed by atoms with E-state index in [0.29, 0.717) is 11.1 Å². The summed E-state index contributed by atoms with van der Waals surface area (Å²) in [6.45, 7) is -0.313. The smallest absolute Gasteiger partial charge is 0.326 e. The standard InChI is InChI=1S/C12H13N3O4/c16-6-4-9(12(18)19)14-11(17)8-7-13-15-5-2-1-3-10(8)15/h1-3,5,7,9,16H,4,6H2,(H,14,17)(H,18,19)/t9-/m1/s1. The van der Waals surface area contributed by atoms with Crippen molar-refractivity contribution in [3.8, 4) is 0 Å². The number of nitrogens with zero attached hydrogens (tertiary/aromatic N) is 2. The summed E-state index contributed by atoms with van der Waals surface area (Å²) < 4.78 is 1.52. The van der Waals surface area contributed by atoms with Crippen LogP contribution in [-0.2, 0) is 4.79 Å². The van der Waals surface area contributed by atoms with E-state index in [4.69, 9.17) is 10.2 Å². The molecule has 2 aromatic heterocycles. The summed E-state index contributed by atoms with van der Waals surface area (Å²) in [6.07, 6.45) is 3.03. The second-order valence-corrected chi connectivity index (χ2v) is 3.97. The highest BCUT2D eigenvalue weighted by atomic mass is 16.4. The van der Waals surface area contributed by atoms with Gasteiger partial charge in [0.25, 0.3) is 5.91 Å². The van der Waals surface area contributed by atoms with Crippen LogP contribution in [0.15, 0.2) is 30.6 Å². The van der Waals surface area contributed by atoms with E-state index in [2.05, 4.69) is 10.4 Å². The lowest BCUT2D eigenvalue weighted by atomic mass is 10.2. The molecular formula is C12H13N3O4. The fourth-order valence-electron chi connectivity index (χ4n) is 1.73. The van der Waals surface area contributed by atoms with Crippen LogP contribution >= 0.6 is 0 Å². The molecule has 0 aromatic carbocycles. The summed E-state index contributed by atoms with van der Waals surface area (Å²) in [7, 11) is 0. The SMILES string of the molecule is O=C(N[C@H](CCO)C(=O)O)c1cnn2ccccc12. The molecule has 7 heteroatoms. The minimum Gasteiger partial charge on any atom is -0.480 e. The number of pyridine rings is 1. The second kappa shape index (κ2) is 5.49. The lowest BCUT2D eigenvalue weighted by molar-refractivity contribution is -0.139. The number of aliphatic hydroxyl groups excluding tert-OH is 1. The molecule has 7 nitrogen and oxygen atoms in total. The van der Waals surface area contributed by atoms with E-state index in [1.165, 1.54) is 10.7 Å². The maximum atomic E-state index is 12.0. The number of amides is 1. The number of hydrogen-bond donors (Lipinski definition) is 3. The van der Waals surface area contributed by atoms with Crippen molar-refractivity contribution >= 4 is 17.4 Å². The van der Waals surface area contributed by atoms with Crippen molar-refractivity contribution in [2.75, 3.05) is 6.61 Å². The number of carboxylic acids is 1. The van der Waals surface area contributed by atoms with Gasteiger partial charge >= 0.3 is 5.97 Å². The predicted octanol–water partition coefficient (Wildman–Crippen LogP) is -0.100. The summed E-state index contributed by atoms with van der Waals surface area (Å²) in [5.41, 5.74) is 0.887. The van der Waals surface area contributed by atoms with Gasteiger partial charge in [0.05, 0.1) is 17.3 Å². The lowest BCUT2D eigenvalue weighted by Crippen LogP contribution is -2.41. The van der Waals surface area contributed by atoms with Crippen molar-refractivity contribution in [3.63, 3.8) is 0 Å². The Kier molecular flexibility index (Phi) is 3.76. The molecule has 0 saturated heterocycles. The zero-order valence-corrected chi connectivity index (χ0v) is 9.98. The van der Waals surface area contributed by atoms with Crippen molar-refractivity contribution in [3.05, 3.63) is 36.2 Å². The maximum absolute atomic E-state index is 12.0. The predicted molar refractivity (Wildman–Crippen MR) is 65.8 cm³/mol. The van der Waals surface area contributed by atoms with E-state index in [1.54, 1.807) is 24.4 Å².